The molecule has 0 aromatic heterocycles. The van der Waals surface area contributed by atoms with Crippen LogP contribution in [0.25, 0.3) is 0 Å². The molecule has 28 heavy (non-hydrogen) atoms. The van der Waals surface area contributed by atoms with Gasteiger partial charge in [-0.05, 0) is 85.6 Å². The van der Waals surface area contributed by atoms with Crippen LogP contribution in [0, 0.1) is 11.8 Å². The first-order valence-electron chi connectivity index (χ1n) is 10.8. The molecule has 152 valence electrons. The van der Waals surface area contributed by atoms with Crippen LogP contribution in [0.1, 0.15) is 61.3 Å². The minimum atomic E-state index is 0.428. The van der Waals surface area contributed by atoms with Crippen molar-refractivity contribution in [3.63, 3.8) is 0 Å². The normalized spacial score (nSPS) is 24.1. The summed E-state index contributed by atoms with van der Waals surface area (Å²) < 4.78 is 0. The SMILES string of the molecule is CC=C/C=C1/CC=C/C1=C(C)\C(C1=CC=CN(C)C1CC(C)C)=C(/C)C(C)C. The van der Waals surface area contributed by atoms with E-state index in [1.54, 1.807) is 0 Å². The highest BCUT2D eigenvalue weighted by molar-refractivity contribution is 5.62. The van der Waals surface area contributed by atoms with Crippen molar-refractivity contribution in [3.8, 4) is 0 Å². The lowest BCUT2D eigenvalue weighted by atomic mass is 9.80. The van der Waals surface area contributed by atoms with Crippen LogP contribution in [-0.4, -0.2) is 18.0 Å². The van der Waals surface area contributed by atoms with E-state index in [4.69, 9.17) is 0 Å². The van der Waals surface area contributed by atoms with Crippen molar-refractivity contribution >= 4 is 0 Å². The third-order valence-corrected chi connectivity index (χ3v) is 5.93. The zero-order valence-corrected chi connectivity index (χ0v) is 19.2. The standard InChI is InChI=1S/C27H39N/c1-9-10-13-23-14-11-15-24(23)22(7)27(21(6)20(4)5)25-16-12-17-28(8)26(25)18-19(2)3/h9-13,15-17,19-20,26H,14,18H2,1-8H3/b10-9?,23-13-,24-22+,27-21-. The molecule has 1 atom stereocenters. The van der Waals surface area contributed by atoms with E-state index in [1.807, 2.05) is 0 Å². The topological polar surface area (TPSA) is 3.24 Å². The van der Waals surface area contributed by atoms with E-state index in [0.717, 1.165) is 6.42 Å². The van der Waals surface area contributed by atoms with Crippen LogP contribution < -0.4 is 0 Å². The molecule has 0 amide bonds. The molecule has 0 aromatic rings. The summed E-state index contributed by atoms with van der Waals surface area (Å²) in [6, 6.07) is 0.428. The van der Waals surface area contributed by atoms with E-state index in [9.17, 15) is 0 Å². The Bertz CT molecular complexity index is 775. The summed E-state index contributed by atoms with van der Waals surface area (Å²) in [4.78, 5) is 2.39. The number of hydrogen-bond donors (Lipinski definition) is 0. The maximum Gasteiger partial charge on any atom is 0.0542 e. The fourth-order valence-electron chi connectivity index (χ4n) is 4.13. The van der Waals surface area contributed by atoms with Gasteiger partial charge in [-0.2, -0.15) is 0 Å². The van der Waals surface area contributed by atoms with E-state index in [2.05, 4.69) is 109 Å². The van der Waals surface area contributed by atoms with Crippen LogP contribution in [0.3, 0.4) is 0 Å². The molecule has 0 spiro atoms. The molecule has 1 aliphatic carbocycles. The molecule has 1 unspecified atom stereocenters. The van der Waals surface area contributed by atoms with Gasteiger partial charge >= 0.3 is 0 Å². The first kappa shape index (κ1) is 22.3. The second-order valence-electron chi connectivity index (χ2n) is 8.85. The number of hydrogen-bond acceptors (Lipinski definition) is 1. The van der Waals surface area contributed by atoms with Gasteiger partial charge in [0.1, 0.15) is 0 Å². The Kier molecular flexibility index (Phi) is 7.92. The number of nitrogens with zero attached hydrogens (tertiary/aromatic N) is 1. The first-order valence-corrected chi connectivity index (χ1v) is 10.8. The Balaban J connectivity index is 2.66. The second-order valence-corrected chi connectivity index (χ2v) is 8.85. The van der Waals surface area contributed by atoms with Gasteiger partial charge in [-0.25, -0.2) is 0 Å². The highest BCUT2D eigenvalue weighted by Crippen LogP contribution is 2.39. The lowest BCUT2D eigenvalue weighted by Crippen LogP contribution is -2.33. The number of rotatable bonds is 6. The van der Waals surface area contributed by atoms with E-state index in [0.29, 0.717) is 17.9 Å². The van der Waals surface area contributed by atoms with E-state index in [1.165, 1.54) is 39.9 Å². The molecule has 0 N–H and O–H groups in total. The summed E-state index contributed by atoms with van der Waals surface area (Å²) in [7, 11) is 2.22. The quantitative estimate of drug-likeness (QED) is 0.462. The molecule has 0 radical (unpaired) electrons. The molecule has 1 aliphatic heterocycles. The zero-order valence-electron chi connectivity index (χ0n) is 19.2. The van der Waals surface area contributed by atoms with Crippen molar-refractivity contribution in [2.75, 3.05) is 7.05 Å². The predicted molar refractivity (Wildman–Crippen MR) is 125 cm³/mol. The fraction of sp³-hybridized carbons (Fsp3) is 0.481. The van der Waals surface area contributed by atoms with Gasteiger partial charge in [0.15, 0.2) is 0 Å². The van der Waals surface area contributed by atoms with Gasteiger partial charge in [0.25, 0.3) is 0 Å². The van der Waals surface area contributed by atoms with Gasteiger partial charge in [0, 0.05) is 7.05 Å². The Hall–Kier alpha value is -2.02. The van der Waals surface area contributed by atoms with Crippen LogP contribution in [-0.2, 0) is 0 Å². The second kappa shape index (κ2) is 9.96. The highest BCUT2D eigenvalue weighted by Gasteiger charge is 2.27. The molecule has 1 heterocycles. The summed E-state index contributed by atoms with van der Waals surface area (Å²) in [5, 5.41) is 0. The van der Waals surface area contributed by atoms with E-state index >= 15 is 0 Å². The Labute approximate surface area is 173 Å². The maximum atomic E-state index is 2.39. The average Bonchev–Trinajstić information content (AvgIpc) is 3.10. The predicted octanol–water partition coefficient (Wildman–Crippen LogP) is 7.54. The van der Waals surface area contributed by atoms with E-state index in [-0.39, 0.29) is 0 Å². The summed E-state index contributed by atoms with van der Waals surface area (Å²) in [6.45, 7) is 16.0. The average molecular weight is 378 g/mol. The van der Waals surface area contributed by atoms with Gasteiger partial charge in [0.2, 0.25) is 0 Å². The minimum Gasteiger partial charge on any atom is -0.373 e. The van der Waals surface area contributed by atoms with Crippen molar-refractivity contribution in [3.05, 3.63) is 82.2 Å². The maximum absolute atomic E-state index is 2.39. The smallest absolute Gasteiger partial charge is 0.0542 e. The Morgan fingerprint density at radius 3 is 2.54 bits per heavy atom. The Morgan fingerprint density at radius 2 is 1.93 bits per heavy atom. The van der Waals surface area contributed by atoms with Gasteiger partial charge in [-0.1, -0.05) is 69.7 Å². The zero-order chi connectivity index (χ0) is 20.8. The van der Waals surface area contributed by atoms with Crippen LogP contribution >= 0.6 is 0 Å². The fourth-order valence-corrected chi connectivity index (χ4v) is 4.13. The number of allylic oxidation sites excluding steroid dienone is 11. The summed E-state index contributed by atoms with van der Waals surface area (Å²) in [5.74, 6) is 1.18. The lowest BCUT2D eigenvalue weighted by molar-refractivity contribution is 0.317. The summed E-state index contributed by atoms with van der Waals surface area (Å²) in [5.41, 5.74) is 8.66. The van der Waals surface area contributed by atoms with Crippen LogP contribution in [0.5, 0.6) is 0 Å². The molecular formula is C27H39N. The first-order chi connectivity index (χ1) is 13.3. The largest absolute Gasteiger partial charge is 0.373 e. The van der Waals surface area contributed by atoms with Crippen molar-refractivity contribution in [1.29, 1.82) is 0 Å². The summed E-state index contributed by atoms with van der Waals surface area (Å²) in [6.07, 6.45) is 20.1. The minimum absolute atomic E-state index is 0.428. The Morgan fingerprint density at radius 1 is 1.21 bits per heavy atom. The molecule has 1 nitrogen and oxygen atoms in total. The number of likely N-dealkylation sites (N-methyl/N-ethyl adjacent to an activating group) is 1. The third kappa shape index (κ3) is 5.07. The van der Waals surface area contributed by atoms with Gasteiger partial charge < -0.3 is 4.90 Å². The van der Waals surface area contributed by atoms with Crippen molar-refractivity contribution in [2.24, 2.45) is 11.8 Å². The van der Waals surface area contributed by atoms with Crippen molar-refractivity contribution in [1.82, 2.24) is 4.90 Å². The van der Waals surface area contributed by atoms with Crippen molar-refractivity contribution < 1.29 is 0 Å². The molecule has 0 bridgehead atoms. The van der Waals surface area contributed by atoms with Crippen LogP contribution in [0.15, 0.2) is 82.2 Å². The molecule has 2 aliphatic rings. The summed E-state index contributed by atoms with van der Waals surface area (Å²) >= 11 is 0. The molecule has 0 saturated carbocycles. The van der Waals surface area contributed by atoms with Crippen LogP contribution in [0.2, 0.25) is 0 Å². The van der Waals surface area contributed by atoms with Crippen LogP contribution in [0.4, 0.5) is 0 Å². The molecule has 0 fully saturated rings. The monoisotopic (exact) mass is 377 g/mol. The molecule has 0 aromatic carbocycles. The molecule has 2 rings (SSSR count). The van der Waals surface area contributed by atoms with Gasteiger partial charge in [-0.15, -0.1) is 0 Å². The van der Waals surface area contributed by atoms with E-state index < -0.39 is 0 Å². The molecule has 1 heteroatoms. The van der Waals surface area contributed by atoms with Crippen molar-refractivity contribution in [2.45, 2.75) is 67.3 Å². The van der Waals surface area contributed by atoms with Gasteiger partial charge in [0.05, 0.1) is 6.04 Å². The lowest BCUT2D eigenvalue weighted by Gasteiger charge is -2.36. The molecule has 0 saturated heterocycles. The van der Waals surface area contributed by atoms with Gasteiger partial charge in [-0.3, -0.25) is 0 Å². The molecular weight excluding hydrogens is 338 g/mol. The third-order valence-electron chi connectivity index (χ3n) is 5.93. The highest BCUT2D eigenvalue weighted by atomic mass is 15.1.